The minimum Gasteiger partial charge on any atom is -1.00 e. The molecule has 109 heavy (non-hydrogen) atoms. The maximum atomic E-state index is 12.8. The fourth-order valence-electron chi connectivity index (χ4n) is 12.3. The van der Waals surface area contributed by atoms with Gasteiger partial charge in [0.1, 0.15) is 35.7 Å². The van der Waals surface area contributed by atoms with Crippen molar-refractivity contribution in [2.24, 2.45) is 0 Å². The number of alkyl halides is 15. The first-order valence-electron chi connectivity index (χ1n) is 37.9. The van der Waals surface area contributed by atoms with Gasteiger partial charge in [-0.1, -0.05) is 267 Å². The molecular weight excluding hydrogens is 1600 g/mol. The van der Waals surface area contributed by atoms with E-state index in [0.717, 1.165) is 6.16 Å². The first kappa shape index (κ1) is 114. The lowest BCUT2D eigenvalue weighted by Gasteiger charge is -2.41. The smallest absolute Gasteiger partial charge is 0.460 e. The zero-order chi connectivity index (χ0) is 78.6. The third-order valence-corrected chi connectivity index (χ3v) is 23.6. The van der Waals surface area contributed by atoms with Gasteiger partial charge in [0.2, 0.25) is 0 Å². The van der Waals surface area contributed by atoms with Crippen LogP contribution in [-0.4, -0.2) is 108 Å². The van der Waals surface area contributed by atoms with Crippen LogP contribution in [0.3, 0.4) is 0 Å². The van der Waals surface area contributed by atoms with Gasteiger partial charge < -0.3 is 54.4 Å². The van der Waals surface area contributed by atoms with Gasteiger partial charge in [-0.3, -0.25) is 0 Å². The van der Waals surface area contributed by atoms with Gasteiger partial charge in [0.25, 0.3) is 0 Å². The summed E-state index contributed by atoms with van der Waals surface area (Å²) in [7, 11) is 1.23. The summed E-state index contributed by atoms with van der Waals surface area (Å²) in [5.41, 5.74) is 5.32. The number of aliphatic carboxylic acids is 1. The highest BCUT2D eigenvalue weighted by Gasteiger charge is 2.93. The minimum atomic E-state index is -8.50. The van der Waals surface area contributed by atoms with E-state index in [1.807, 2.05) is 0 Å². The monoisotopic (exact) mass is 1730 g/mol. The van der Waals surface area contributed by atoms with Crippen LogP contribution >= 0.6 is 41.3 Å². The number of allylic oxidation sites excluding steroid dienone is 2. The number of carboxylic acids is 1. The molecule has 5 aromatic rings. The van der Waals surface area contributed by atoms with Crippen LogP contribution in [0.5, 0.6) is 0 Å². The van der Waals surface area contributed by atoms with Gasteiger partial charge in [0.05, 0.1) is 52.0 Å². The molecule has 0 amide bonds. The third kappa shape index (κ3) is 35.6. The van der Waals surface area contributed by atoms with Crippen molar-refractivity contribution in [2.75, 3.05) is 45.8 Å². The Morgan fingerprint density at radius 3 is 0.927 bits per heavy atom. The highest BCUT2D eigenvalue weighted by atomic mass is 79.9. The van der Waals surface area contributed by atoms with E-state index in [1.165, 1.54) is 236 Å². The van der Waals surface area contributed by atoms with Crippen molar-refractivity contribution < 1.29 is 114 Å². The van der Waals surface area contributed by atoms with Crippen molar-refractivity contribution in [3.63, 3.8) is 0 Å². The first-order valence-corrected chi connectivity index (χ1v) is 40.6. The Labute approximate surface area is 676 Å². The zero-order valence-electron chi connectivity index (χ0n) is 65.9. The summed E-state index contributed by atoms with van der Waals surface area (Å²) in [6.45, 7) is 34.1. The molecule has 26 heteroatoms. The summed E-state index contributed by atoms with van der Waals surface area (Å²) >= 11 is 0. The molecule has 0 aliphatic carbocycles. The Hall–Kier alpha value is -3.65. The third-order valence-electron chi connectivity index (χ3n) is 18.7. The van der Waals surface area contributed by atoms with Gasteiger partial charge in [-0.05, 0) is 125 Å². The lowest BCUT2D eigenvalue weighted by molar-refractivity contribution is -0.941. The largest absolute Gasteiger partial charge is 1.00 e. The van der Waals surface area contributed by atoms with Gasteiger partial charge >= 0.3 is 41.7 Å². The van der Waals surface area contributed by atoms with Crippen LogP contribution in [0.1, 0.15) is 228 Å². The van der Waals surface area contributed by atoms with E-state index in [-0.39, 0.29) is 60.4 Å². The molecule has 0 spiro atoms. The van der Waals surface area contributed by atoms with E-state index >= 15 is 0 Å². The molecule has 0 aliphatic heterocycles. The fraction of sp³-hybridized carbons (Fsp3) is 0.602. The van der Waals surface area contributed by atoms with Crippen LogP contribution in [0.15, 0.2) is 163 Å². The standard InChI is InChI=1S/C25H22P.C19H34N.C16H36N.C15H31P.C8HF15O2.BrH.3ClH.H3N/c1-5-13-22(14-6-1)21-26(23-15-7-2-8-16-23,24-17-9-3-10-18-24)25-19-11-4-12-20-25;1-4-7-15-20(16-8-5-2,17-9-6-3)18-19-13-11-10-12-14-19;1-5-9-13-17(14-10-6-2,15-11-7-3)16-12-8-4;1-4-7-10-14(11-8-5-2)13-15(16)12-9-6-3;9-2(10,1(24)25)3(11,12)4(13,14)5(15,16)6(17,18)7(19,20)8(21,22)23;;;;;/h1-20H,21H2;10-14H,4-9,15-18H2,1-3H3;5-16H2,1-4H3;13,15H,4-12,16H2,1-3H3;(H,24,25);4*1H;1H3/q3*+1;;;;;;;/p-3. The molecular formula is C83H128BrCl3F15N3O2P2. The summed E-state index contributed by atoms with van der Waals surface area (Å²) in [5, 5.41) is 13.9. The molecule has 5 rings (SSSR count). The van der Waals surface area contributed by atoms with Crippen molar-refractivity contribution >= 4 is 63.2 Å². The summed E-state index contributed by atoms with van der Waals surface area (Å²) in [6, 6.07) is 55.1. The van der Waals surface area contributed by atoms with Gasteiger partial charge in [0, 0.05) is 5.56 Å². The molecule has 0 heterocycles. The molecule has 0 bridgehead atoms. The Kier molecular flexibility index (Phi) is 60.9. The van der Waals surface area contributed by atoms with Crippen LogP contribution in [0, 0.1) is 0 Å². The van der Waals surface area contributed by atoms with Gasteiger partial charge in [-0.2, -0.15) is 65.9 Å². The van der Waals surface area contributed by atoms with Crippen LogP contribution < -0.4 is 56.6 Å². The Bertz CT molecular complexity index is 2890. The van der Waals surface area contributed by atoms with Gasteiger partial charge in [0.15, 0.2) is 0 Å². The molecule has 2 unspecified atom stereocenters. The van der Waals surface area contributed by atoms with E-state index in [2.05, 4.69) is 236 Å². The number of unbranched alkanes of at least 4 members (excludes halogenated alkanes) is 10. The molecule has 5 aromatic carbocycles. The van der Waals surface area contributed by atoms with E-state index in [9.17, 15) is 75.8 Å². The van der Waals surface area contributed by atoms with Gasteiger partial charge in [-0.15, -0.1) is 34.1 Å². The van der Waals surface area contributed by atoms with E-state index in [0.29, 0.717) is 5.66 Å². The first-order chi connectivity index (χ1) is 49.1. The summed E-state index contributed by atoms with van der Waals surface area (Å²) < 4.78 is 189. The average molecular weight is 1730 g/mol. The second kappa shape index (κ2) is 58.2. The summed E-state index contributed by atoms with van der Waals surface area (Å²) in [4.78, 5) is 9.61. The Morgan fingerprint density at radius 2 is 0.651 bits per heavy atom. The number of benzene rings is 5. The average Bonchev–Trinajstić information content (AvgIpc) is 0.701. The molecule has 0 aromatic heterocycles. The summed E-state index contributed by atoms with van der Waals surface area (Å²) in [6.07, 6.45) is 27.0. The van der Waals surface area contributed by atoms with Crippen molar-refractivity contribution in [1.29, 1.82) is 0 Å². The number of carbonyl (C=O) groups excluding carboxylic acids is 1. The van der Waals surface area contributed by atoms with Crippen molar-refractivity contribution in [2.45, 2.75) is 277 Å². The molecule has 630 valence electrons. The zero-order valence-corrected chi connectivity index (χ0v) is 71.9. The number of quaternary nitrogens is 2. The Morgan fingerprint density at radius 1 is 0.394 bits per heavy atom. The van der Waals surface area contributed by atoms with Crippen molar-refractivity contribution in [3.8, 4) is 0 Å². The lowest BCUT2D eigenvalue weighted by atomic mass is 9.91. The topological polar surface area (TPSA) is 75.1 Å². The van der Waals surface area contributed by atoms with Crippen LogP contribution in [0.25, 0.3) is 0 Å². The summed E-state index contributed by atoms with van der Waals surface area (Å²) in [5.74, 6) is -53.3. The van der Waals surface area contributed by atoms with E-state index in [1.54, 1.807) is 5.57 Å². The normalized spacial score (nSPS) is 12.2. The Balaban J connectivity index is -0.000000414. The number of halogens is 19. The molecule has 3 N–H and O–H groups in total. The van der Waals surface area contributed by atoms with E-state index in [4.69, 9.17) is 0 Å². The highest BCUT2D eigenvalue weighted by molar-refractivity contribution is 7.95. The molecule has 5 nitrogen and oxygen atoms in total. The van der Waals surface area contributed by atoms with Crippen molar-refractivity contribution in [1.82, 2.24) is 6.15 Å². The lowest BCUT2D eigenvalue weighted by Crippen LogP contribution is -3.00. The predicted molar refractivity (Wildman–Crippen MR) is 425 cm³/mol. The predicted octanol–water partition coefficient (Wildman–Crippen LogP) is 19.4. The fourth-order valence-corrected chi connectivity index (χ4v) is 17.1. The second-order valence-corrected chi connectivity index (χ2v) is 31.7. The molecule has 0 aliphatic rings. The second-order valence-electron chi connectivity index (χ2n) is 27.4. The molecule has 0 radical (unpaired) electrons. The highest BCUT2D eigenvalue weighted by Crippen LogP contribution is 2.63. The minimum absolute atomic E-state index is 0. The number of hydrogen-bond donors (Lipinski definition) is 1. The van der Waals surface area contributed by atoms with Crippen LogP contribution in [0.2, 0.25) is 0 Å². The molecule has 0 saturated carbocycles. The number of hydrogen-bond acceptors (Lipinski definition) is 3. The number of nitrogens with zero attached hydrogens (tertiary/aromatic N) is 2. The SMILES string of the molecule is CCCCC(=CC(P)CCCC)CCCC.CCCC[N+](CCCC)(CCCC)CCCC.CCCC[N+](CCCC)(CCCC)Cc1ccccc1.Cl.Cl.N.O=C([O-])C(F)(F)C(F)(F)C(F)(F)C(F)(F)C(F)(F)C(F)(F)C(F)(F)F.[Br-].[Cl-].c1ccc(C[P+](c2ccccc2)(c2ccccc2)c2ccccc2)cc1. The van der Waals surface area contributed by atoms with Crippen LogP contribution in [0.4, 0.5) is 65.9 Å². The molecule has 0 fully saturated rings. The molecule has 0 saturated heterocycles. The van der Waals surface area contributed by atoms with Crippen LogP contribution in [-0.2, 0) is 17.5 Å². The molecule has 2 atom stereocenters. The number of carbonyl (C=O) groups is 1. The van der Waals surface area contributed by atoms with E-state index < -0.39 is 54.9 Å². The maximum absolute atomic E-state index is 12.8. The maximum Gasteiger partial charge on any atom is 0.460 e. The van der Waals surface area contributed by atoms with Gasteiger partial charge in [-0.25, -0.2) is 0 Å². The van der Waals surface area contributed by atoms with Crippen molar-refractivity contribution in [3.05, 3.63) is 174 Å². The number of rotatable bonds is 44. The number of carboxylic acid groups (broad SMARTS) is 1. The quantitative estimate of drug-likeness (QED) is 0.0183.